The van der Waals surface area contributed by atoms with Gasteiger partial charge in [-0.3, -0.25) is 0 Å². The summed E-state index contributed by atoms with van der Waals surface area (Å²) in [6.45, 7) is 11.7. The summed E-state index contributed by atoms with van der Waals surface area (Å²) in [5.41, 5.74) is 20.5. The van der Waals surface area contributed by atoms with Gasteiger partial charge in [0.25, 0.3) is 0 Å². The molecule has 5 heteroatoms. The Balaban J connectivity index is -0.000000122. The molecule has 0 radical (unpaired) electrons. The van der Waals surface area contributed by atoms with Crippen LogP contribution in [0.15, 0.2) is 24.3 Å². The van der Waals surface area contributed by atoms with Gasteiger partial charge in [-0.05, 0) is 0 Å². The zero-order valence-electron chi connectivity index (χ0n) is 18.2. The molecule has 0 aliphatic carbocycles. The van der Waals surface area contributed by atoms with Crippen LogP contribution in [-0.4, -0.2) is 31.4 Å². The summed E-state index contributed by atoms with van der Waals surface area (Å²) in [6, 6.07) is 9.16. The average molecular weight is 489 g/mol. The van der Waals surface area contributed by atoms with Gasteiger partial charge in [0.1, 0.15) is 0 Å². The maximum absolute atomic E-state index is 6.83. The standard InChI is InChI=1S/C8H13Ge.3C4H10N.Zr/c1-9(2,3)8-6-4-5-7-8;3*1-3-4(2)5;/h4-7H,1-3H3;3*4-5H,3H2,1-2H3;/q4*-1;+4. The Kier molecular flexibility index (Phi) is 27.9. The molecule has 0 aliphatic rings. The van der Waals surface area contributed by atoms with Crippen LogP contribution in [0.1, 0.15) is 60.8 Å². The molecule has 3 N–H and O–H groups in total. The van der Waals surface area contributed by atoms with Gasteiger partial charge >= 0.3 is 85.4 Å². The van der Waals surface area contributed by atoms with Crippen LogP contribution < -0.4 is 4.40 Å². The first-order valence-corrected chi connectivity index (χ1v) is 16.6. The van der Waals surface area contributed by atoms with Crippen molar-refractivity contribution in [2.75, 3.05) is 0 Å². The van der Waals surface area contributed by atoms with Crippen molar-refractivity contribution in [1.82, 2.24) is 0 Å². The Morgan fingerprint density at radius 1 is 0.720 bits per heavy atom. The molecule has 0 spiro atoms. The molecule has 1 rings (SSSR count). The van der Waals surface area contributed by atoms with Crippen LogP contribution in [0, 0.1) is 0 Å². The normalized spacial score (nSPS) is 13.3. The molecule has 0 amide bonds. The first-order valence-electron chi connectivity index (χ1n) is 9.27. The largest absolute Gasteiger partial charge is 4.00 e. The van der Waals surface area contributed by atoms with E-state index in [0.717, 1.165) is 19.3 Å². The Bertz CT molecular complexity index is 312. The molecule has 0 bridgehead atoms. The molecule has 146 valence electrons. The van der Waals surface area contributed by atoms with Gasteiger partial charge in [-0.2, -0.15) is 0 Å². The third-order valence-corrected chi connectivity index (χ3v) is 7.70. The van der Waals surface area contributed by atoms with Crippen LogP contribution in [0.3, 0.4) is 0 Å². The Labute approximate surface area is 180 Å². The minimum absolute atomic E-state index is 0. The molecule has 3 atom stereocenters. The van der Waals surface area contributed by atoms with Crippen molar-refractivity contribution in [3.05, 3.63) is 41.5 Å². The summed E-state index contributed by atoms with van der Waals surface area (Å²) in [4.78, 5) is 0. The molecule has 0 saturated heterocycles. The summed E-state index contributed by atoms with van der Waals surface area (Å²) < 4.78 is 1.61. The third-order valence-electron chi connectivity index (χ3n) is 3.37. The van der Waals surface area contributed by atoms with Crippen molar-refractivity contribution in [1.29, 1.82) is 0 Å². The van der Waals surface area contributed by atoms with E-state index in [0.29, 0.717) is 0 Å². The molecule has 1 aromatic rings. The molecule has 0 aliphatic heterocycles. The van der Waals surface area contributed by atoms with Crippen LogP contribution in [0.4, 0.5) is 0 Å². The van der Waals surface area contributed by atoms with Crippen molar-refractivity contribution < 1.29 is 26.2 Å². The van der Waals surface area contributed by atoms with Crippen molar-refractivity contribution in [3.8, 4) is 0 Å². The smallest absolute Gasteiger partial charge is 4.00 e. The van der Waals surface area contributed by atoms with Gasteiger partial charge < -0.3 is 17.2 Å². The Morgan fingerprint density at radius 3 is 1.00 bits per heavy atom. The molecule has 1 aromatic carbocycles. The van der Waals surface area contributed by atoms with Gasteiger partial charge in [-0.1, -0.05) is 60.8 Å². The van der Waals surface area contributed by atoms with Crippen molar-refractivity contribution in [2.24, 2.45) is 0 Å². The molecule has 0 saturated carbocycles. The summed E-state index contributed by atoms with van der Waals surface area (Å²) in [7, 11) is 0. The quantitative estimate of drug-likeness (QED) is 0.311. The van der Waals surface area contributed by atoms with Crippen molar-refractivity contribution in [2.45, 2.75) is 96.2 Å². The fourth-order valence-electron chi connectivity index (χ4n) is 0.874. The van der Waals surface area contributed by atoms with Crippen LogP contribution >= 0.6 is 0 Å². The van der Waals surface area contributed by atoms with Gasteiger partial charge in [0.05, 0.1) is 0 Å². The SMILES string of the molecule is CCC(C)[NH-].CCC(C)[NH-].CCC(C)[NH-].[CH3][Ge]([CH3])([CH3])[c-]1cccc1.[Zr+4]. The maximum Gasteiger partial charge on any atom is 4.00 e. The maximum atomic E-state index is 6.83. The summed E-state index contributed by atoms with van der Waals surface area (Å²) in [5.74, 6) is 7.24. The topological polar surface area (TPSA) is 71.4 Å². The first kappa shape index (κ1) is 33.3. The van der Waals surface area contributed by atoms with E-state index in [-0.39, 0.29) is 44.3 Å². The second kappa shape index (κ2) is 21.0. The predicted molar refractivity (Wildman–Crippen MR) is 117 cm³/mol. The second-order valence-electron chi connectivity index (χ2n) is 7.35. The van der Waals surface area contributed by atoms with E-state index in [4.69, 9.17) is 17.2 Å². The van der Waals surface area contributed by atoms with Gasteiger partial charge in [0.2, 0.25) is 0 Å². The van der Waals surface area contributed by atoms with E-state index in [2.05, 4.69) is 41.5 Å². The van der Waals surface area contributed by atoms with E-state index in [1.807, 2.05) is 41.5 Å². The van der Waals surface area contributed by atoms with E-state index >= 15 is 0 Å². The Morgan fingerprint density at radius 2 is 0.920 bits per heavy atom. The number of rotatable bonds is 4. The fraction of sp³-hybridized carbons (Fsp3) is 0.750. The zero-order chi connectivity index (χ0) is 19.8. The van der Waals surface area contributed by atoms with Crippen molar-refractivity contribution >= 4 is 17.7 Å². The molecular formula is C20H43GeN3Zr. The molecule has 3 nitrogen and oxygen atoms in total. The van der Waals surface area contributed by atoms with E-state index in [1.165, 1.54) is 0 Å². The monoisotopic (exact) mass is 489 g/mol. The molecule has 0 fully saturated rings. The third kappa shape index (κ3) is 32.8. The van der Waals surface area contributed by atoms with Crippen LogP contribution in [0.25, 0.3) is 17.2 Å². The van der Waals surface area contributed by atoms with E-state index < -0.39 is 13.3 Å². The van der Waals surface area contributed by atoms with E-state index in [1.54, 1.807) is 4.40 Å². The zero-order valence-corrected chi connectivity index (χ0v) is 22.7. The molecule has 0 heterocycles. The molecule has 3 unspecified atom stereocenters. The van der Waals surface area contributed by atoms with Gasteiger partial charge in [-0.15, -0.1) is 18.1 Å². The van der Waals surface area contributed by atoms with Crippen LogP contribution in [-0.2, 0) is 26.2 Å². The fourth-order valence-corrected chi connectivity index (χ4v) is 3.38. The Hall–Kier alpha value is 0.656. The summed E-state index contributed by atoms with van der Waals surface area (Å²) >= 11 is -1.44. The van der Waals surface area contributed by atoms with Crippen LogP contribution in [0.5, 0.6) is 0 Å². The van der Waals surface area contributed by atoms with Gasteiger partial charge in [0, 0.05) is 0 Å². The van der Waals surface area contributed by atoms with E-state index in [9.17, 15) is 0 Å². The van der Waals surface area contributed by atoms with Crippen LogP contribution in [0.2, 0.25) is 17.3 Å². The van der Waals surface area contributed by atoms with Gasteiger partial charge in [0.15, 0.2) is 0 Å². The molecular weight excluding hydrogens is 446 g/mol. The first-order chi connectivity index (χ1) is 10.9. The minimum atomic E-state index is -1.44. The second-order valence-corrected chi connectivity index (χ2v) is 18.0. The van der Waals surface area contributed by atoms with Gasteiger partial charge in [-0.25, -0.2) is 0 Å². The predicted octanol–water partition coefficient (Wildman–Crippen LogP) is 7.46. The number of hydrogen-bond donors (Lipinski definition) is 0. The average Bonchev–Trinajstić information content (AvgIpc) is 3.03. The molecule has 25 heavy (non-hydrogen) atoms. The molecule has 0 aromatic heterocycles. The summed E-state index contributed by atoms with van der Waals surface area (Å²) in [6.07, 6.45) is 2.92. The van der Waals surface area contributed by atoms with Crippen molar-refractivity contribution in [3.63, 3.8) is 0 Å². The summed E-state index contributed by atoms with van der Waals surface area (Å²) in [5, 5.41) is 0. The number of nitrogens with one attached hydrogen (secondary N) is 3. The number of hydrogen-bond acceptors (Lipinski definition) is 0. The minimum Gasteiger partial charge on any atom is 4.00 e.